The van der Waals surface area contributed by atoms with Crippen LogP contribution < -0.4 is 11.5 Å². The molecule has 1 aromatic carbocycles. The Morgan fingerprint density at radius 2 is 1.82 bits per heavy atom. The number of hydrogen-bond acceptors (Lipinski definition) is 4. The Bertz CT molecular complexity index is 467. The molecule has 0 radical (unpaired) electrons. The lowest BCUT2D eigenvalue weighted by molar-refractivity contribution is 0.466. The summed E-state index contributed by atoms with van der Waals surface area (Å²) in [6, 6.07) is 6.98. The molecule has 0 saturated carbocycles. The molecule has 0 bridgehead atoms. The molecular weight excluding hydrogens is 236 g/mol. The van der Waals surface area contributed by atoms with Gasteiger partial charge in [-0.15, -0.1) is 0 Å². The number of hydrogen-bond donors (Lipinski definition) is 2. The fourth-order valence-electron chi connectivity index (χ4n) is 1.81. The normalized spacial score (nSPS) is 13.9. The zero-order valence-corrected chi connectivity index (χ0v) is 11.1. The maximum atomic E-state index is 11.5. The van der Waals surface area contributed by atoms with Crippen molar-refractivity contribution in [2.24, 2.45) is 17.4 Å². The van der Waals surface area contributed by atoms with Gasteiger partial charge in [-0.25, -0.2) is 8.42 Å². The van der Waals surface area contributed by atoms with Gasteiger partial charge in [0.25, 0.3) is 0 Å². The third-order valence-electron chi connectivity index (χ3n) is 3.12. The van der Waals surface area contributed by atoms with Crippen molar-refractivity contribution in [1.82, 2.24) is 0 Å². The molecule has 1 rings (SSSR count). The van der Waals surface area contributed by atoms with Gasteiger partial charge in [0.1, 0.15) is 0 Å². The molecule has 0 amide bonds. The smallest absolute Gasteiger partial charge is 0.175 e. The molecule has 4 nitrogen and oxygen atoms in total. The minimum atomic E-state index is -3.16. The van der Waals surface area contributed by atoms with Crippen LogP contribution in [0.3, 0.4) is 0 Å². The Hall–Kier alpha value is -0.910. The molecule has 0 aliphatic carbocycles. The van der Waals surface area contributed by atoms with E-state index in [2.05, 4.69) is 0 Å². The predicted molar refractivity (Wildman–Crippen MR) is 69.6 cm³/mol. The molecule has 1 aromatic rings. The van der Waals surface area contributed by atoms with Crippen molar-refractivity contribution >= 4 is 9.84 Å². The van der Waals surface area contributed by atoms with E-state index < -0.39 is 9.84 Å². The summed E-state index contributed by atoms with van der Waals surface area (Å²) in [6.45, 7) is 3.02. The van der Waals surface area contributed by atoms with Gasteiger partial charge < -0.3 is 11.5 Å². The summed E-state index contributed by atoms with van der Waals surface area (Å²) >= 11 is 0. The van der Waals surface area contributed by atoms with Crippen molar-refractivity contribution in [3.8, 4) is 0 Å². The van der Waals surface area contributed by atoms with E-state index in [1.54, 1.807) is 18.2 Å². The van der Waals surface area contributed by atoms with Crippen LogP contribution in [0.5, 0.6) is 0 Å². The lowest BCUT2D eigenvalue weighted by atomic mass is 9.88. The first kappa shape index (κ1) is 14.2. The van der Waals surface area contributed by atoms with Gasteiger partial charge in [0.15, 0.2) is 9.84 Å². The van der Waals surface area contributed by atoms with Gasteiger partial charge in [-0.3, -0.25) is 0 Å². The molecule has 0 spiro atoms. The van der Waals surface area contributed by atoms with Crippen molar-refractivity contribution in [2.45, 2.75) is 17.7 Å². The fourth-order valence-corrected chi connectivity index (χ4v) is 2.48. The van der Waals surface area contributed by atoms with Gasteiger partial charge in [-0.05, 0) is 42.6 Å². The molecule has 0 heterocycles. The lowest BCUT2D eigenvalue weighted by Gasteiger charge is -2.21. The summed E-state index contributed by atoms with van der Waals surface area (Å²) in [5, 5.41) is 0. The van der Waals surface area contributed by atoms with Gasteiger partial charge >= 0.3 is 0 Å². The molecular formula is C12H20N2O2S. The Balaban J connectivity index is 3.07. The minimum absolute atomic E-state index is 0.159. The standard InChI is InChI=1S/C12H20N2O2S/c1-9(11(7-13)8-14)10-4-3-5-12(6-10)17(2,15)16/h3-6,9,11H,7-8,13-14H2,1-2H3. The molecule has 0 saturated heterocycles. The first-order valence-corrected chi connectivity index (χ1v) is 7.49. The zero-order chi connectivity index (χ0) is 13.1. The van der Waals surface area contributed by atoms with Gasteiger partial charge in [0.2, 0.25) is 0 Å². The Labute approximate surface area is 103 Å². The SMILES string of the molecule is CC(c1cccc(S(C)(=O)=O)c1)C(CN)CN. The van der Waals surface area contributed by atoms with E-state index in [1.165, 1.54) is 6.26 Å². The van der Waals surface area contributed by atoms with Crippen LogP contribution in [0.2, 0.25) is 0 Å². The first-order chi connectivity index (χ1) is 7.90. The van der Waals surface area contributed by atoms with Crippen molar-refractivity contribution in [3.63, 3.8) is 0 Å². The zero-order valence-electron chi connectivity index (χ0n) is 10.3. The van der Waals surface area contributed by atoms with Crippen molar-refractivity contribution in [3.05, 3.63) is 29.8 Å². The van der Waals surface area contributed by atoms with Crippen LogP contribution in [0.15, 0.2) is 29.2 Å². The van der Waals surface area contributed by atoms with E-state index in [0.717, 1.165) is 5.56 Å². The molecule has 17 heavy (non-hydrogen) atoms. The van der Waals surface area contributed by atoms with E-state index >= 15 is 0 Å². The molecule has 0 aromatic heterocycles. The lowest BCUT2D eigenvalue weighted by Crippen LogP contribution is -2.28. The second-order valence-corrected chi connectivity index (χ2v) is 6.38. The van der Waals surface area contributed by atoms with Crippen LogP contribution in [0.1, 0.15) is 18.4 Å². The third-order valence-corrected chi connectivity index (χ3v) is 4.23. The summed E-state index contributed by atoms with van der Waals surface area (Å²) in [4.78, 5) is 0.342. The number of rotatable bonds is 5. The molecule has 96 valence electrons. The monoisotopic (exact) mass is 256 g/mol. The first-order valence-electron chi connectivity index (χ1n) is 5.60. The second kappa shape index (κ2) is 5.62. The van der Waals surface area contributed by atoms with Crippen LogP contribution in [-0.2, 0) is 9.84 Å². The Kier molecular flexibility index (Phi) is 4.68. The molecule has 0 fully saturated rings. The third kappa shape index (κ3) is 3.52. The van der Waals surface area contributed by atoms with Crippen LogP contribution in [0.25, 0.3) is 0 Å². The quantitative estimate of drug-likeness (QED) is 0.813. The van der Waals surface area contributed by atoms with E-state index in [9.17, 15) is 8.42 Å². The molecule has 1 unspecified atom stereocenters. The van der Waals surface area contributed by atoms with Crippen molar-refractivity contribution in [1.29, 1.82) is 0 Å². The van der Waals surface area contributed by atoms with E-state index in [1.807, 2.05) is 13.0 Å². The van der Waals surface area contributed by atoms with Crippen LogP contribution >= 0.6 is 0 Å². The number of sulfone groups is 1. The average Bonchev–Trinajstić information content (AvgIpc) is 2.29. The van der Waals surface area contributed by atoms with Crippen LogP contribution in [-0.4, -0.2) is 27.8 Å². The highest BCUT2D eigenvalue weighted by atomic mass is 32.2. The molecule has 0 aliphatic heterocycles. The van der Waals surface area contributed by atoms with Gasteiger partial charge in [-0.2, -0.15) is 0 Å². The highest BCUT2D eigenvalue weighted by Crippen LogP contribution is 2.25. The summed E-state index contributed by atoms with van der Waals surface area (Å²) in [7, 11) is -3.16. The highest BCUT2D eigenvalue weighted by molar-refractivity contribution is 7.90. The van der Waals surface area contributed by atoms with Crippen molar-refractivity contribution < 1.29 is 8.42 Å². The van der Waals surface area contributed by atoms with E-state index in [0.29, 0.717) is 18.0 Å². The van der Waals surface area contributed by atoms with Crippen LogP contribution in [0.4, 0.5) is 0 Å². The summed E-state index contributed by atoms with van der Waals surface area (Å²) in [5.41, 5.74) is 12.3. The average molecular weight is 256 g/mol. The summed E-state index contributed by atoms with van der Waals surface area (Å²) < 4.78 is 22.9. The number of benzene rings is 1. The summed E-state index contributed by atoms with van der Waals surface area (Å²) in [6.07, 6.45) is 1.21. The molecule has 1 atom stereocenters. The fraction of sp³-hybridized carbons (Fsp3) is 0.500. The van der Waals surface area contributed by atoms with Gasteiger partial charge in [0, 0.05) is 6.26 Å². The van der Waals surface area contributed by atoms with E-state index in [-0.39, 0.29) is 11.8 Å². The van der Waals surface area contributed by atoms with Gasteiger partial charge in [-0.1, -0.05) is 19.1 Å². The Morgan fingerprint density at radius 1 is 1.24 bits per heavy atom. The Morgan fingerprint density at radius 3 is 2.29 bits per heavy atom. The van der Waals surface area contributed by atoms with E-state index in [4.69, 9.17) is 11.5 Å². The maximum absolute atomic E-state index is 11.5. The number of nitrogens with two attached hydrogens (primary N) is 2. The van der Waals surface area contributed by atoms with Gasteiger partial charge in [0.05, 0.1) is 4.90 Å². The summed E-state index contributed by atoms with van der Waals surface area (Å²) in [5.74, 6) is 0.330. The highest BCUT2D eigenvalue weighted by Gasteiger charge is 2.17. The second-order valence-electron chi connectivity index (χ2n) is 4.36. The minimum Gasteiger partial charge on any atom is -0.330 e. The van der Waals surface area contributed by atoms with Crippen LogP contribution in [0, 0.1) is 5.92 Å². The van der Waals surface area contributed by atoms with Crippen molar-refractivity contribution in [2.75, 3.05) is 19.3 Å². The molecule has 0 aliphatic rings. The molecule has 4 N–H and O–H groups in total. The topological polar surface area (TPSA) is 86.2 Å². The predicted octanol–water partition coefficient (Wildman–Crippen LogP) is 0.727. The largest absolute Gasteiger partial charge is 0.330 e. The molecule has 5 heteroatoms. The maximum Gasteiger partial charge on any atom is 0.175 e.